The molecule has 2 N–H and O–H groups in total. The summed E-state index contributed by atoms with van der Waals surface area (Å²) < 4.78 is 0. The number of amides is 1. The Morgan fingerprint density at radius 1 is 1.50 bits per heavy atom. The maximum Gasteiger partial charge on any atom is 0.244 e. The van der Waals surface area contributed by atoms with Gasteiger partial charge < -0.3 is 10.6 Å². The summed E-state index contributed by atoms with van der Waals surface area (Å²) in [5, 5.41) is 0. The number of allylic oxidation sites excluding steroid dienone is 1. The summed E-state index contributed by atoms with van der Waals surface area (Å²) >= 11 is 0. The fraction of sp³-hybridized carbons (Fsp3) is 0.500. The molecule has 3 nitrogen and oxygen atoms in total. The van der Waals surface area contributed by atoms with Gasteiger partial charge in [-0.2, -0.15) is 0 Å². The first-order valence-corrected chi connectivity index (χ1v) is 4.23. The number of rotatable bonds is 5. The summed E-state index contributed by atoms with van der Waals surface area (Å²) in [4.78, 5) is 12.9. The molecular formula is C10H19BrN2O. The molecule has 0 aliphatic rings. The molecule has 0 radical (unpaired) electrons. The van der Waals surface area contributed by atoms with Gasteiger partial charge in [0.1, 0.15) is 0 Å². The van der Waals surface area contributed by atoms with Crippen molar-refractivity contribution in [1.82, 2.24) is 4.90 Å². The number of carbonyl (C=O) groups excluding carboxylic acids is 1. The Morgan fingerprint density at radius 2 is 2.00 bits per heavy atom. The number of nitrogens with two attached hydrogens (primary N) is 1. The smallest absolute Gasteiger partial charge is 0.244 e. The Balaban J connectivity index is 0. The van der Waals surface area contributed by atoms with Gasteiger partial charge in [0, 0.05) is 12.1 Å². The van der Waals surface area contributed by atoms with E-state index in [1.807, 2.05) is 19.0 Å². The lowest BCUT2D eigenvalue weighted by molar-refractivity contribution is -0.114. The van der Waals surface area contributed by atoms with E-state index in [1.165, 1.54) is 0 Å². The van der Waals surface area contributed by atoms with Crippen LogP contribution < -0.4 is 5.73 Å². The van der Waals surface area contributed by atoms with Crippen LogP contribution in [0.25, 0.3) is 0 Å². The average Bonchev–Trinajstić information content (AvgIpc) is 2.01. The number of carbonyl (C=O) groups is 1. The molecule has 0 rings (SSSR count). The van der Waals surface area contributed by atoms with Crippen LogP contribution >= 0.6 is 17.0 Å². The molecule has 0 aliphatic heterocycles. The molecule has 0 spiro atoms. The SMILES string of the molecule is Br.C=CCC(CN(C)C)=C(C)C(N)=O. The molecule has 1 amide bonds. The zero-order chi connectivity index (χ0) is 10.4. The van der Waals surface area contributed by atoms with E-state index in [-0.39, 0.29) is 22.9 Å². The van der Waals surface area contributed by atoms with E-state index in [0.29, 0.717) is 12.0 Å². The van der Waals surface area contributed by atoms with Crippen molar-refractivity contribution < 1.29 is 4.79 Å². The molecule has 0 heterocycles. The van der Waals surface area contributed by atoms with Crippen LogP contribution in [0.5, 0.6) is 0 Å². The molecule has 0 atom stereocenters. The number of likely N-dealkylation sites (N-methyl/N-ethyl adjacent to an activating group) is 1. The van der Waals surface area contributed by atoms with E-state index in [4.69, 9.17) is 5.73 Å². The highest BCUT2D eigenvalue weighted by atomic mass is 79.9. The zero-order valence-electron chi connectivity index (χ0n) is 9.04. The van der Waals surface area contributed by atoms with Gasteiger partial charge in [-0.05, 0) is 33.0 Å². The highest BCUT2D eigenvalue weighted by molar-refractivity contribution is 8.93. The normalized spacial score (nSPS) is 11.7. The van der Waals surface area contributed by atoms with Gasteiger partial charge in [-0.15, -0.1) is 23.6 Å². The quantitative estimate of drug-likeness (QED) is 0.603. The largest absolute Gasteiger partial charge is 0.366 e. The molecule has 0 aromatic carbocycles. The topological polar surface area (TPSA) is 46.3 Å². The highest BCUT2D eigenvalue weighted by Gasteiger charge is 2.06. The fourth-order valence-electron chi connectivity index (χ4n) is 1.07. The minimum absolute atomic E-state index is 0. The third kappa shape index (κ3) is 5.94. The summed E-state index contributed by atoms with van der Waals surface area (Å²) in [5.41, 5.74) is 6.87. The Morgan fingerprint density at radius 3 is 2.29 bits per heavy atom. The molecule has 0 aromatic heterocycles. The van der Waals surface area contributed by atoms with Crippen molar-refractivity contribution in [3.63, 3.8) is 0 Å². The van der Waals surface area contributed by atoms with Gasteiger partial charge >= 0.3 is 0 Å². The number of nitrogens with zero attached hydrogens (tertiary/aromatic N) is 1. The minimum atomic E-state index is -0.348. The second-order valence-corrected chi connectivity index (χ2v) is 3.32. The average molecular weight is 263 g/mol. The maximum atomic E-state index is 10.9. The number of primary amides is 1. The fourth-order valence-corrected chi connectivity index (χ4v) is 1.07. The Bertz CT molecular complexity index is 234. The van der Waals surface area contributed by atoms with Gasteiger partial charge in [-0.3, -0.25) is 4.79 Å². The summed E-state index contributed by atoms with van der Waals surface area (Å²) in [6.45, 7) is 6.15. The van der Waals surface area contributed by atoms with Gasteiger partial charge in [0.25, 0.3) is 0 Å². The van der Waals surface area contributed by atoms with E-state index in [0.717, 1.165) is 12.1 Å². The monoisotopic (exact) mass is 262 g/mol. The van der Waals surface area contributed by atoms with Gasteiger partial charge in [0.2, 0.25) is 5.91 Å². The number of halogens is 1. The molecule has 0 unspecified atom stereocenters. The minimum Gasteiger partial charge on any atom is -0.366 e. The van der Waals surface area contributed by atoms with Crippen molar-refractivity contribution in [3.8, 4) is 0 Å². The standard InChI is InChI=1S/C10H18N2O.BrH/c1-5-6-9(7-12(3)4)8(2)10(11)13;/h5H,1,6-7H2,2-4H3,(H2,11,13);1H. The Labute approximate surface area is 96.4 Å². The van der Waals surface area contributed by atoms with E-state index < -0.39 is 0 Å². The Hall–Kier alpha value is -0.610. The van der Waals surface area contributed by atoms with Gasteiger partial charge in [-0.1, -0.05) is 6.08 Å². The number of hydrogen-bond donors (Lipinski definition) is 1. The van der Waals surface area contributed by atoms with Crippen molar-refractivity contribution in [1.29, 1.82) is 0 Å². The molecule has 0 saturated carbocycles. The van der Waals surface area contributed by atoms with E-state index >= 15 is 0 Å². The van der Waals surface area contributed by atoms with Crippen molar-refractivity contribution >= 4 is 22.9 Å². The first-order chi connectivity index (χ1) is 5.99. The van der Waals surface area contributed by atoms with Crippen LogP contribution in [0.3, 0.4) is 0 Å². The second-order valence-electron chi connectivity index (χ2n) is 3.32. The van der Waals surface area contributed by atoms with Crippen LogP contribution in [0.2, 0.25) is 0 Å². The lowest BCUT2D eigenvalue weighted by Crippen LogP contribution is -2.20. The molecule has 0 aromatic rings. The summed E-state index contributed by atoms with van der Waals surface area (Å²) in [6, 6.07) is 0. The molecule has 0 fully saturated rings. The van der Waals surface area contributed by atoms with E-state index in [2.05, 4.69) is 6.58 Å². The van der Waals surface area contributed by atoms with Gasteiger partial charge in [0.05, 0.1) is 0 Å². The van der Waals surface area contributed by atoms with Gasteiger partial charge in [0.15, 0.2) is 0 Å². The Kier molecular flexibility index (Phi) is 8.79. The van der Waals surface area contributed by atoms with Crippen molar-refractivity contribution in [2.24, 2.45) is 5.73 Å². The summed E-state index contributed by atoms with van der Waals surface area (Å²) in [6.07, 6.45) is 2.50. The van der Waals surface area contributed by atoms with Crippen LogP contribution in [0.1, 0.15) is 13.3 Å². The van der Waals surface area contributed by atoms with Crippen LogP contribution in [-0.4, -0.2) is 31.4 Å². The van der Waals surface area contributed by atoms with Crippen molar-refractivity contribution in [2.45, 2.75) is 13.3 Å². The lowest BCUT2D eigenvalue weighted by atomic mass is 10.1. The summed E-state index contributed by atoms with van der Waals surface area (Å²) in [7, 11) is 3.91. The highest BCUT2D eigenvalue weighted by Crippen LogP contribution is 2.09. The van der Waals surface area contributed by atoms with Crippen LogP contribution in [0.15, 0.2) is 23.8 Å². The molecule has 0 aliphatic carbocycles. The predicted molar refractivity (Wildman–Crippen MR) is 65.6 cm³/mol. The lowest BCUT2D eigenvalue weighted by Gasteiger charge is -2.14. The zero-order valence-corrected chi connectivity index (χ0v) is 10.8. The van der Waals surface area contributed by atoms with Crippen LogP contribution in [-0.2, 0) is 4.79 Å². The van der Waals surface area contributed by atoms with Gasteiger partial charge in [-0.25, -0.2) is 0 Å². The third-order valence-corrected chi connectivity index (χ3v) is 1.80. The molecular weight excluding hydrogens is 244 g/mol. The molecule has 0 saturated heterocycles. The van der Waals surface area contributed by atoms with Crippen molar-refractivity contribution in [3.05, 3.63) is 23.8 Å². The van der Waals surface area contributed by atoms with E-state index in [9.17, 15) is 4.79 Å². The summed E-state index contributed by atoms with van der Waals surface area (Å²) in [5.74, 6) is -0.348. The first kappa shape index (κ1) is 15.8. The van der Waals surface area contributed by atoms with Crippen LogP contribution in [0.4, 0.5) is 0 Å². The molecule has 82 valence electrons. The predicted octanol–water partition coefficient (Wildman–Crippen LogP) is 1.50. The first-order valence-electron chi connectivity index (χ1n) is 4.23. The molecule has 0 bridgehead atoms. The van der Waals surface area contributed by atoms with Crippen molar-refractivity contribution in [2.75, 3.05) is 20.6 Å². The van der Waals surface area contributed by atoms with Crippen LogP contribution in [0, 0.1) is 0 Å². The molecule has 14 heavy (non-hydrogen) atoms. The number of hydrogen-bond acceptors (Lipinski definition) is 2. The third-order valence-electron chi connectivity index (χ3n) is 1.80. The van der Waals surface area contributed by atoms with E-state index in [1.54, 1.807) is 13.0 Å². The second kappa shape index (κ2) is 7.76. The maximum absolute atomic E-state index is 10.9. The molecule has 4 heteroatoms.